The number of nitrogens with zero attached hydrogens (tertiary/aromatic N) is 5. The van der Waals surface area contributed by atoms with Gasteiger partial charge in [0.15, 0.2) is 5.82 Å². The van der Waals surface area contributed by atoms with Crippen molar-refractivity contribution in [2.45, 2.75) is 184 Å². The Hall–Kier alpha value is -4.54. The number of carbonyl (C=O) groups is 2. The fourth-order valence-corrected chi connectivity index (χ4v) is 11.6. The quantitative estimate of drug-likeness (QED) is 0.0325. The van der Waals surface area contributed by atoms with Crippen LogP contribution in [0.3, 0.4) is 0 Å². The molecule has 1 saturated heterocycles. The Labute approximate surface area is 468 Å². The molecule has 2 aromatic carbocycles. The molecule has 2 aliphatic rings. The number of nitrogen functional groups attached to an aromatic ring is 1. The Morgan fingerprint density at radius 1 is 0.821 bits per heavy atom. The molecule has 5 N–H and O–H groups in total. The predicted molar refractivity (Wildman–Crippen MR) is 315 cm³/mol. The number of nitrogens with one attached hydrogen (secondary N) is 1. The van der Waals surface area contributed by atoms with E-state index in [0.29, 0.717) is 89.8 Å². The molecule has 1 fully saturated rings. The lowest BCUT2D eigenvalue weighted by Gasteiger charge is -2.38. The molecule has 0 saturated carbocycles. The van der Waals surface area contributed by atoms with Crippen LogP contribution in [0.5, 0.6) is 11.5 Å². The highest BCUT2D eigenvalue weighted by molar-refractivity contribution is 6.06. The molecular weight excluding hydrogens is 983 g/mol. The second kappa shape index (κ2) is 30.3. The minimum Gasteiger partial charge on any atom is -0.493 e. The lowest BCUT2D eigenvalue weighted by atomic mass is 9.83. The summed E-state index contributed by atoms with van der Waals surface area (Å²) in [5.41, 5.74) is 13.8. The topological polar surface area (TPSA) is 187 Å². The average Bonchev–Trinajstić information content (AvgIpc) is 3.88. The summed E-state index contributed by atoms with van der Waals surface area (Å²) in [7, 11) is 0. The van der Waals surface area contributed by atoms with E-state index in [-0.39, 0.29) is 30.6 Å². The molecule has 78 heavy (non-hydrogen) atoms. The number of hydrogen-bond acceptors (Lipinski definition) is 12. The Morgan fingerprint density at radius 3 is 2.19 bits per heavy atom. The van der Waals surface area contributed by atoms with Crippen LogP contribution in [0.15, 0.2) is 18.2 Å². The van der Waals surface area contributed by atoms with Crippen LogP contribution in [0.1, 0.15) is 165 Å². The molecule has 15 nitrogen and oxygen atoms in total. The van der Waals surface area contributed by atoms with E-state index in [9.17, 15) is 19.8 Å². The molecule has 436 valence electrons. The van der Waals surface area contributed by atoms with Crippen molar-refractivity contribution in [2.24, 2.45) is 23.2 Å². The Morgan fingerprint density at radius 2 is 1.50 bits per heavy atom. The maximum atomic E-state index is 13.0. The van der Waals surface area contributed by atoms with Gasteiger partial charge in [0.1, 0.15) is 28.4 Å². The van der Waals surface area contributed by atoms with E-state index in [1.807, 2.05) is 23.3 Å². The number of piperazine rings is 1. The van der Waals surface area contributed by atoms with Gasteiger partial charge >= 0.3 is 0 Å². The number of aryl methyl sites for hydroxylation is 2. The smallest absolute Gasteiger partial charge is 0.224 e. The number of ether oxygens (including phenoxy) is 4. The van der Waals surface area contributed by atoms with Crippen molar-refractivity contribution < 1.29 is 38.7 Å². The first-order valence-corrected chi connectivity index (χ1v) is 30.0. The first-order chi connectivity index (χ1) is 37.3. The summed E-state index contributed by atoms with van der Waals surface area (Å²) in [4.78, 5) is 39.3. The summed E-state index contributed by atoms with van der Waals surface area (Å²) < 4.78 is 26.7. The van der Waals surface area contributed by atoms with Gasteiger partial charge in [-0.2, -0.15) is 0 Å². The molecule has 6 rings (SSSR count). The van der Waals surface area contributed by atoms with Gasteiger partial charge in [0, 0.05) is 62.1 Å². The SMILES string of the molecule is Cc1c(C)c2c(c(C)c1OCCCC(=O)NCCOCCOCCC(=O)N1CCN(CCCc3ccc4c(c3)nc(N)c3nc(C)n(CC(C)(CO)CO)c34)CC1)CC[C@@](C)(CCC[C@H](C)CCC[C@H](C)CCCC(C)C)O2. The standard InChI is InChI=1S/C63H101N7O8/c1-44(2)16-11-17-45(3)18-12-19-46(4)20-13-27-63(10)28-25-52-49(7)59(47(5)48(6)60(52)78-63)77-35-15-22-55(73)65-29-37-76-39-38-75-36-26-56(74)69-33-31-68(32-34-69)30-14-21-51-23-24-53-54(40-51)67-61(64)57-58(53)70(50(8)66-57)41-62(9,42-71)43-72/h23-24,40,44-46,71-72H,11-22,25-39,41-43H2,1-10H3,(H2,64,67)(H,65,73)/t45-,46-,63-/m1/s1. The highest BCUT2D eigenvalue weighted by Gasteiger charge is 2.35. The molecule has 0 spiro atoms. The van der Waals surface area contributed by atoms with Crippen LogP contribution in [0.2, 0.25) is 0 Å². The number of hydrogen-bond donors (Lipinski definition) is 4. The van der Waals surface area contributed by atoms with Crippen molar-refractivity contribution >= 4 is 39.6 Å². The minimum atomic E-state index is -0.704. The normalized spacial score (nSPS) is 17.0. The van der Waals surface area contributed by atoms with Gasteiger partial charge in [-0.3, -0.25) is 14.5 Å². The van der Waals surface area contributed by atoms with Gasteiger partial charge in [0.05, 0.1) is 63.7 Å². The number of carbonyl (C=O) groups excluding carboxylic acids is 2. The number of amides is 2. The van der Waals surface area contributed by atoms with E-state index in [0.717, 1.165) is 120 Å². The predicted octanol–water partition coefficient (Wildman–Crippen LogP) is 10.4. The van der Waals surface area contributed by atoms with Crippen molar-refractivity contribution in [1.29, 1.82) is 0 Å². The zero-order valence-electron chi connectivity index (χ0n) is 49.8. The van der Waals surface area contributed by atoms with Crippen LogP contribution in [0, 0.1) is 50.9 Å². The second-order valence-electron chi connectivity index (χ2n) is 24.4. The average molecular weight is 1080 g/mol. The largest absolute Gasteiger partial charge is 0.493 e. The van der Waals surface area contributed by atoms with Crippen molar-refractivity contribution in [3.8, 4) is 11.5 Å². The Kier molecular flexibility index (Phi) is 24.4. The zero-order chi connectivity index (χ0) is 56.4. The molecule has 0 bridgehead atoms. The van der Waals surface area contributed by atoms with Crippen molar-refractivity contribution in [3.05, 3.63) is 51.8 Å². The monoisotopic (exact) mass is 1080 g/mol. The molecule has 4 heterocycles. The molecule has 3 atom stereocenters. The van der Waals surface area contributed by atoms with Crippen molar-refractivity contribution in [1.82, 2.24) is 29.7 Å². The third kappa shape index (κ3) is 18.0. The maximum absolute atomic E-state index is 13.0. The van der Waals surface area contributed by atoms with E-state index in [4.69, 9.17) is 29.7 Å². The van der Waals surface area contributed by atoms with E-state index < -0.39 is 5.41 Å². The number of anilines is 1. The first kappa shape index (κ1) is 62.7. The molecular formula is C63H101N7O8. The number of aromatic nitrogens is 3. The summed E-state index contributed by atoms with van der Waals surface area (Å²) >= 11 is 0. The molecule has 0 aliphatic carbocycles. The summed E-state index contributed by atoms with van der Waals surface area (Å²) in [6.07, 6.45) is 16.9. The van der Waals surface area contributed by atoms with E-state index in [2.05, 4.69) is 88.8 Å². The van der Waals surface area contributed by atoms with Crippen LogP contribution in [0.4, 0.5) is 5.82 Å². The van der Waals surface area contributed by atoms with E-state index >= 15 is 0 Å². The number of imidazole rings is 1. The zero-order valence-corrected chi connectivity index (χ0v) is 49.8. The van der Waals surface area contributed by atoms with Gasteiger partial charge in [-0.15, -0.1) is 0 Å². The number of pyridine rings is 1. The van der Waals surface area contributed by atoms with Gasteiger partial charge in [-0.25, -0.2) is 9.97 Å². The highest BCUT2D eigenvalue weighted by atomic mass is 16.5. The molecule has 0 unspecified atom stereocenters. The number of nitrogens with two attached hydrogens (primary N) is 1. The van der Waals surface area contributed by atoms with Gasteiger partial charge < -0.3 is 49.7 Å². The summed E-state index contributed by atoms with van der Waals surface area (Å²) in [5.74, 6) is 5.62. The van der Waals surface area contributed by atoms with Crippen LogP contribution in [-0.4, -0.2) is 137 Å². The van der Waals surface area contributed by atoms with E-state index in [1.54, 1.807) is 0 Å². The van der Waals surface area contributed by atoms with Crippen LogP contribution in [-0.2, 0) is 38.4 Å². The third-order valence-electron chi connectivity index (χ3n) is 17.0. The summed E-state index contributed by atoms with van der Waals surface area (Å²) in [5, 5.41) is 23.8. The second-order valence-corrected chi connectivity index (χ2v) is 24.4. The summed E-state index contributed by atoms with van der Waals surface area (Å²) in [6, 6.07) is 6.31. The van der Waals surface area contributed by atoms with Crippen molar-refractivity contribution in [3.63, 3.8) is 0 Å². The Balaban J connectivity index is 0.776. The fourth-order valence-electron chi connectivity index (χ4n) is 11.6. The first-order valence-electron chi connectivity index (χ1n) is 30.0. The number of benzene rings is 2. The van der Waals surface area contributed by atoms with E-state index in [1.165, 1.54) is 62.5 Å². The van der Waals surface area contributed by atoms with Gasteiger partial charge in [-0.1, -0.05) is 91.7 Å². The molecule has 2 aliphatic heterocycles. The van der Waals surface area contributed by atoms with Crippen molar-refractivity contribution in [2.75, 3.05) is 91.3 Å². The molecule has 0 radical (unpaired) electrons. The number of rotatable bonds is 34. The summed E-state index contributed by atoms with van der Waals surface area (Å²) in [6.45, 7) is 28.6. The molecule has 4 aromatic rings. The number of aliphatic hydroxyl groups excluding tert-OH is 2. The lowest BCUT2D eigenvalue weighted by Crippen LogP contribution is -2.49. The lowest BCUT2D eigenvalue weighted by molar-refractivity contribution is -0.134. The minimum absolute atomic E-state index is 0.0194. The molecule has 2 aromatic heterocycles. The molecule has 15 heteroatoms. The van der Waals surface area contributed by atoms with Gasteiger partial charge in [0.25, 0.3) is 0 Å². The van der Waals surface area contributed by atoms with Gasteiger partial charge in [0.2, 0.25) is 11.8 Å². The third-order valence-corrected chi connectivity index (χ3v) is 17.0. The van der Waals surface area contributed by atoms with Crippen LogP contribution < -0.4 is 20.5 Å². The highest BCUT2D eigenvalue weighted by Crippen LogP contribution is 2.45. The fraction of sp³-hybridized carbons (Fsp3) is 0.714. The molecule has 2 amide bonds. The Bertz CT molecular complexity index is 2530. The van der Waals surface area contributed by atoms with Crippen LogP contribution >= 0.6 is 0 Å². The maximum Gasteiger partial charge on any atom is 0.224 e. The van der Waals surface area contributed by atoms with Gasteiger partial charge in [-0.05, 0) is 132 Å². The van der Waals surface area contributed by atoms with Crippen LogP contribution in [0.25, 0.3) is 21.9 Å². The number of fused-ring (bicyclic) bond motifs is 4. The number of aliphatic hydroxyl groups is 2.